The average molecular weight is 386 g/mol. The van der Waals surface area contributed by atoms with Crippen LogP contribution in [0.4, 0.5) is 0 Å². The summed E-state index contributed by atoms with van der Waals surface area (Å²) in [6, 6.07) is 7.59. The molecule has 0 saturated carbocycles. The smallest absolute Gasteiger partial charge is 0.107 e. The summed E-state index contributed by atoms with van der Waals surface area (Å²) in [7, 11) is 1.88. The van der Waals surface area contributed by atoms with Crippen molar-refractivity contribution in [3.8, 4) is 0 Å². The van der Waals surface area contributed by atoms with Crippen LogP contribution in [0.2, 0.25) is 14.4 Å². The highest BCUT2D eigenvalue weighted by Gasteiger charge is 2.19. The molecule has 0 bridgehead atoms. The maximum atomic E-state index is 6.25. The molecule has 1 atom stereocenters. The quantitative estimate of drug-likeness (QED) is 0.706. The molecule has 1 heterocycles. The Balaban J connectivity index is 2.48. The van der Waals surface area contributed by atoms with Gasteiger partial charge in [-0.2, -0.15) is 0 Å². The molecule has 1 unspecified atom stereocenters. The van der Waals surface area contributed by atoms with Gasteiger partial charge in [0.15, 0.2) is 0 Å². The van der Waals surface area contributed by atoms with Crippen molar-refractivity contribution in [1.29, 1.82) is 0 Å². The van der Waals surface area contributed by atoms with Gasteiger partial charge in [0.2, 0.25) is 0 Å². The Kier molecular flexibility index (Phi) is 4.98. The summed E-state index contributed by atoms with van der Waals surface area (Å²) in [4.78, 5) is 1.08. The molecule has 0 radical (unpaired) electrons. The molecule has 1 N–H and O–H groups in total. The van der Waals surface area contributed by atoms with E-state index in [0.29, 0.717) is 10.0 Å². The second-order valence-corrected chi connectivity index (χ2v) is 6.96. The molecule has 1 nitrogen and oxygen atoms in total. The zero-order valence-corrected chi connectivity index (χ0v) is 14.0. The molecule has 0 aliphatic carbocycles. The van der Waals surface area contributed by atoms with Gasteiger partial charge in [0.25, 0.3) is 0 Å². The van der Waals surface area contributed by atoms with Crippen LogP contribution < -0.4 is 5.32 Å². The fraction of sp³-hybridized carbons (Fsp3) is 0.167. The molecule has 0 fully saturated rings. The second kappa shape index (κ2) is 6.12. The molecular weight excluding hydrogens is 376 g/mol. The van der Waals surface area contributed by atoms with Crippen molar-refractivity contribution >= 4 is 62.1 Å². The van der Waals surface area contributed by atoms with Gasteiger partial charge in [-0.25, -0.2) is 0 Å². The van der Waals surface area contributed by atoms with Crippen LogP contribution >= 0.6 is 62.1 Å². The minimum absolute atomic E-state index is 0.0231. The van der Waals surface area contributed by atoms with E-state index in [-0.39, 0.29) is 6.04 Å². The van der Waals surface area contributed by atoms with Gasteiger partial charge in [0, 0.05) is 9.35 Å². The molecular formula is C12H9BrCl3NS. The highest BCUT2D eigenvalue weighted by atomic mass is 79.9. The van der Waals surface area contributed by atoms with Crippen LogP contribution in [0.3, 0.4) is 0 Å². The monoisotopic (exact) mass is 383 g/mol. The summed E-state index contributed by atoms with van der Waals surface area (Å²) < 4.78 is 1.62. The summed E-state index contributed by atoms with van der Waals surface area (Å²) in [5.74, 6) is 0. The van der Waals surface area contributed by atoms with Crippen LogP contribution in [0.15, 0.2) is 28.7 Å². The topological polar surface area (TPSA) is 12.0 Å². The number of thiophene rings is 1. The van der Waals surface area contributed by atoms with Crippen LogP contribution in [-0.2, 0) is 0 Å². The largest absolute Gasteiger partial charge is 0.309 e. The van der Waals surface area contributed by atoms with E-state index in [4.69, 9.17) is 34.8 Å². The van der Waals surface area contributed by atoms with Crippen LogP contribution in [0.5, 0.6) is 0 Å². The third-order valence-corrected chi connectivity index (χ3v) is 5.90. The third kappa shape index (κ3) is 2.87. The SMILES string of the molecule is CNC(c1cc(Br)c(Cl)s1)c1cccc(Cl)c1Cl. The van der Waals surface area contributed by atoms with Crippen molar-refractivity contribution in [3.05, 3.63) is 53.6 Å². The van der Waals surface area contributed by atoms with Crippen molar-refractivity contribution in [2.75, 3.05) is 7.05 Å². The normalized spacial score (nSPS) is 12.7. The predicted molar refractivity (Wildman–Crippen MR) is 84.4 cm³/mol. The molecule has 0 aliphatic rings. The van der Waals surface area contributed by atoms with Crippen molar-refractivity contribution in [1.82, 2.24) is 5.32 Å². The Bertz CT molecular complexity index is 551. The number of nitrogens with one attached hydrogen (secondary N) is 1. The maximum absolute atomic E-state index is 6.25. The van der Waals surface area contributed by atoms with Gasteiger partial charge in [-0.15, -0.1) is 11.3 Å². The van der Waals surface area contributed by atoms with Crippen LogP contribution in [0.1, 0.15) is 16.5 Å². The highest BCUT2D eigenvalue weighted by molar-refractivity contribution is 9.10. The number of halogens is 4. The van der Waals surface area contributed by atoms with Gasteiger partial charge in [-0.05, 0) is 40.7 Å². The molecule has 0 saturated heterocycles. The Morgan fingerprint density at radius 1 is 1.28 bits per heavy atom. The van der Waals surface area contributed by atoms with E-state index in [2.05, 4.69) is 21.2 Å². The average Bonchev–Trinajstić information content (AvgIpc) is 2.66. The Morgan fingerprint density at radius 2 is 2.00 bits per heavy atom. The highest BCUT2D eigenvalue weighted by Crippen LogP contribution is 2.40. The first-order valence-electron chi connectivity index (χ1n) is 5.10. The molecule has 6 heteroatoms. The standard InChI is InChI=1S/C12H9BrCl3NS/c1-17-11(9-5-7(13)12(16)18-9)6-3-2-4-8(14)10(6)15/h2-5,11,17H,1H3. The Morgan fingerprint density at radius 3 is 2.56 bits per heavy atom. The molecule has 0 spiro atoms. The van der Waals surface area contributed by atoms with Gasteiger partial charge in [-0.3, -0.25) is 0 Å². The van der Waals surface area contributed by atoms with E-state index in [1.54, 1.807) is 6.07 Å². The summed E-state index contributed by atoms with van der Waals surface area (Å²) in [5, 5.41) is 4.35. The summed E-state index contributed by atoms with van der Waals surface area (Å²) in [5.41, 5.74) is 0.942. The zero-order valence-electron chi connectivity index (χ0n) is 9.31. The molecule has 2 rings (SSSR count). The molecule has 1 aromatic heterocycles. The van der Waals surface area contributed by atoms with Crippen molar-refractivity contribution in [2.45, 2.75) is 6.04 Å². The first-order valence-corrected chi connectivity index (χ1v) is 7.84. The van der Waals surface area contributed by atoms with Gasteiger partial charge >= 0.3 is 0 Å². The lowest BCUT2D eigenvalue weighted by atomic mass is 10.1. The number of hydrogen-bond donors (Lipinski definition) is 1. The van der Waals surface area contributed by atoms with Crippen molar-refractivity contribution in [2.24, 2.45) is 0 Å². The zero-order chi connectivity index (χ0) is 13.3. The van der Waals surface area contributed by atoms with E-state index < -0.39 is 0 Å². The molecule has 96 valence electrons. The lowest BCUT2D eigenvalue weighted by molar-refractivity contribution is 0.704. The van der Waals surface area contributed by atoms with Gasteiger partial charge in [-0.1, -0.05) is 46.9 Å². The van der Waals surface area contributed by atoms with Crippen molar-refractivity contribution < 1.29 is 0 Å². The van der Waals surface area contributed by atoms with Gasteiger partial charge in [0.1, 0.15) is 4.34 Å². The second-order valence-electron chi connectivity index (χ2n) is 3.64. The summed E-state index contributed by atoms with van der Waals surface area (Å²) in [6.45, 7) is 0. The Hall–Kier alpha value is 0.230. The number of hydrogen-bond acceptors (Lipinski definition) is 2. The fourth-order valence-corrected chi connectivity index (χ4v) is 3.98. The molecule has 1 aromatic carbocycles. The molecule has 2 aromatic rings. The lowest BCUT2D eigenvalue weighted by Gasteiger charge is -2.17. The fourth-order valence-electron chi connectivity index (χ4n) is 1.70. The minimum Gasteiger partial charge on any atom is -0.309 e. The molecule has 18 heavy (non-hydrogen) atoms. The summed E-state index contributed by atoms with van der Waals surface area (Å²) in [6.07, 6.45) is 0. The van der Waals surface area contributed by atoms with Crippen LogP contribution in [-0.4, -0.2) is 7.05 Å². The van der Waals surface area contributed by atoms with E-state index in [0.717, 1.165) is 19.2 Å². The van der Waals surface area contributed by atoms with Gasteiger partial charge in [0.05, 0.1) is 16.1 Å². The molecule has 0 amide bonds. The van der Waals surface area contributed by atoms with E-state index in [1.807, 2.05) is 25.2 Å². The van der Waals surface area contributed by atoms with E-state index >= 15 is 0 Å². The number of rotatable bonds is 3. The van der Waals surface area contributed by atoms with E-state index in [9.17, 15) is 0 Å². The first-order chi connectivity index (χ1) is 8.54. The van der Waals surface area contributed by atoms with Gasteiger partial charge < -0.3 is 5.32 Å². The Labute approximate surface area is 133 Å². The number of benzene rings is 1. The van der Waals surface area contributed by atoms with Crippen LogP contribution in [0.25, 0.3) is 0 Å². The van der Waals surface area contributed by atoms with Crippen LogP contribution in [0, 0.1) is 0 Å². The predicted octanol–water partition coefficient (Wildman–Crippen LogP) is 5.78. The molecule has 0 aliphatic heterocycles. The third-order valence-electron chi connectivity index (χ3n) is 2.53. The first kappa shape index (κ1) is 14.6. The minimum atomic E-state index is -0.0231. The maximum Gasteiger partial charge on any atom is 0.107 e. The summed E-state index contributed by atoms with van der Waals surface area (Å²) >= 11 is 23.3. The van der Waals surface area contributed by atoms with E-state index in [1.165, 1.54) is 11.3 Å². The lowest BCUT2D eigenvalue weighted by Crippen LogP contribution is -2.16. The van der Waals surface area contributed by atoms with Crippen molar-refractivity contribution in [3.63, 3.8) is 0 Å².